The fraction of sp³-hybridized carbons (Fsp3) is 0.647. The Hall–Kier alpha value is -1.06. The van der Waals surface area contributed by atoms with Crippen molar-refractivity contribution in [2.45, 2.75) is 45.1 Å². The predicted molar refractivity (Wildman–Crippen MR) is 80.0 cm³/mol. The first-order valence-electron chi connectivity index (χ1n) is 7.82. The van der Waals surface area contributed by atoms with Crippen molar-refractivity contribution in [2.24, 2.45) is 5.41 Å². The Balaban J connectivity index is 1.63. The van der Waals surface area contributed by atoms with E-state index in [1.54, 1.807) is 0 Å². The zero-order chi connectivity index (χ0) is 14.0. The van der Waals surface area contributed by atoms with Crippen molar-refractivity contribution in [3.05, 3.63) is 29.3 Å². The van der Waals surface area contributed by atoms with E-state index in [2.05, 4.69) is 30.4 Å². The molecular formula is C17H25NO2. The molecule has 1 unspecified atom stereocenters. The fourth-order valence-corrected chi connectivity index (χ4v) is 3.48. The molecule has 3 nitrogen and oxygen atoms in total. The maximum atomic E-state index is 9.67. The normalized spacial score (nSPS) is 21.5. The van der Waals surface area contributed by atoms with Crippen LogP contribution in [-0.2, 0) is 6.42 Å². The lowest BCUT2D eigenvalue weighted by Gasteiger charge is -2.29. The first-order chi connectivity index (χ1) is 9.72. The van der Waals surface area contributed by atoms with Gasteiger partial charge < -0.3 is 15.2 Å². The molecule has 0 amide bonds. The standard InChI is InChI=1S/C17H25NO2/c1-13(18-11-17(12-19)7-2-3-8-17)14-4-5-16-15(10-14)6-9-20-16/h4-5,10,13,18-19H,2-3,6-9,11-12H2,1H3. The van der Waals surface area contributed by atoms with Crippen molar-refractivity contribution in [2.75, 3.05) is 19.8 Å². The van der Waals surface area contributed by atoms with Crippen LogP contribution in [0.25, 0.3) is 0 Å². The highest BCUT2D eigenvalue weighted by Gasteiger charge is 2.33. The summed E-state index contributed by atoms with van der Waals surface area (Å²) in [6.07, 6.45) is 5.85. The summed E-state index contributed by atoms with van der Waals surface area (Å²) < 4.78 is 5.55. The van der Waals surface area contributed by atoms with Gasteiger partial charge in [-0.05, 0) is 37.0 Å². The third kappa shape index (κ3) is 2.70. The molecule has 0 aromatic heterocycles. The molecule has 1 aromatic carbocycles. The quantitative estimate of drug-likeness (QED) is 0.868. The summed E-state index contributed by atoms with van der Waals surface area (Å²) in [5, 5.41) is 13.3. The fourth-order valence-electron chi connectivity index (χ4n) is 3.48. The van der Waals surface area contributed by atoms with Crippen LogP contribution in [0.1, 0.15) is 49.8 Å². The van der Waals surface area contributed by atoms with Crippen LogP contribution in [0.5, 0.6) is 5.75 Å². The Morgan fingerprint density at radius 2 is 2.15 bits per heavy atom. The molecule has 0 bridgehead atoms. The topological polar surface area (TPSA) is 41.5 Å². The van der Waals surface area contributed by atoms with Crippen molar-refractivity contribution >= 4 is 0 Å². The van der Waals surface area contributed by atoms with Gasteiger partial charge in [-0.3, -0.25) is 0 Å². The van der Waals surface area contributed by atoms with E-state index in [0.29, 0.717) is 12.6 Å². The van der Waals surface area contributed by atoms with E-state index in [0.717, 1.165) is 38.2 Å². The van der Waals surface area contributed by atoms with Crippen LogP contribution in [0.2, 0.25) is 0 Å². The number of hydrogen-bond donors (Lipinski definition) is 2. The van der Waals surface area contributed by atoms with Crippen LogP contribution in [0, 0.1) is 5.41 Å². The van der Waals surface area contributed by atoms with Crippen molar-refractivity contribution in [3.63, 3.8) is 0 Å². The van der Waals surface area contributed by atoms with E-state index in [9.17, 15) is 5.11 Å². The van der Waals surface area contributed by atoms with Gasteiger partial charge in [0.05, 0.1) is 6.61 Å². The first-order valence-corrected chi connectivity index (χ1v) is 7.82. The Morgan fingerprint density at radius 3 is 2.90 bits per heavy atom. The van der Waals surface area contributed by atoms with Gasteiger partial charge in [0.15, 0.2) is 0 Å². The Kier molecular flexibility index (Phi) is 3.99. The van der Waals surface area contributed by atoms with Crippen LogP contribution >= 0.6 is 0 Å². The van der Waals surface area contributed by atoms with Crippen molar-refractivity contribution in [1.29, 1.82) is 0 Å². The molecule has 1 heterocycles. The summed E-state index contributed by atoms with van der Waals surface area (Å²) in [6.45, 7) is 4.24. The Labute approximate surface area is 121 Å². The second-order valence-corrected chi connectivity index (χ2v) is 6.43. The number of aliphatic hydroxyl groups is 1. The van der Waals surface area contributed by atoms with E-state index in [4.69, 9.17) is 4.74 Å². The third-order valence-corrected chi connectivity index (χ3v) is 5.00. The van der Waals surface area contributed by atoms with Gasteiger partial charge in [-0.15, -0.1) is 0 Å². The molecule has 20 heavy (non-hydrogen) atoms. The van der Waals surface area contributed by atoms with Crippen LogP contribution in [0.4, 0.5) is 0 Å². The third-order valence-electron chi connectivity index (χ3n) is 5.00. The summed E-state index contributed by atoms with van der Waals surface area (Å²) in [4.78, 5) is 0. The van der Waals surface area contributed by atoms with Crippen LogP contribution in [0.15, 0.2) is 18.2 Å². The van der Waals surface area contributed by atoms with Gasteiger partial charge in [-0.1, -0.05) is 25.0 Å². The molecule has 1 fully saturated rings. The zero-order valence-corrected chi connectivity index (χ0v) is 12.3. The number of hydrogen-bond acceptors (Lipinski definition) is 3. The second kappa shape index (κ2) is 5.74. The number of fused-ring (bicyclic) bond motifs is 1. The van der Waals surface area contributed by atoms with Gasteiger partial charge in [0.2, 0.25) is 0 Å². The minimum Gasteiger partial charge on any atom is -0.493 e. The van der Waals surface area contributed by atoms with Gasteiger partial charge in [-0.2, -0.15) is 0 Å². The first kappa shape index (κ1) is 13.9. The molecule has 3 heteroatoms. The lowest BCUT2D eigenvalue weighted by Crippen LogP contribution is -2.36. The Bertz CT molecular complexity index is 466. The smallest absolute Gasteiger partial charge is 0.122 e. The molecule has 2 aliphatic rings. The average Bonchev–Trinajstić information content (AvgIpc) is 3.13. The van der Waals surface area contributed by atoms with Crippen molar-refractivity contribution < 1.29 is 9.84 Å². The molecule has 1 saturated carbocycles. The van der Waals surface area contributed by atoms with E-state index >= 15 is 0 Å². The van der Waals surface area contributed by atoms with E-state index in [1.165, 1.54) is 24.0 Å². The summed E-state index contributed by atoms with van der Waals surface area (Å²) in [5.41, 5.74) is 2.77. The van der Waals surface area contributed by atoms with Gasteiger partial charge in [0.25, 0.3) is 0 Å². The van der Waals surface area contributed by atoms with E-state index < -0.39 is 0 Å². The second-order valence-electron chi connectivity index (χ2n) is 6.43. The van der Waals surface area contributed by atoms with Crippen molar-refractivity contribution in [1.82, 2.24) is 5.32 Å². The molecule has 3 rings (SSSR count). The molecule has 110 valence electrons. The molecular weight excluding hydrogens is 250 g/mol. The van der Waals surface area contributed by atoms with Gasteiger partial charge in [0.1, 0.15) is 5.75 Å². The molecule has 1 aliphatic heterocycles. The minimum absolute atomic E-state index is 0.119. The van der Waals surface area contributed by atoms with E-state index in [-0.39, 0.29) is 5.41 Å². The lowest BCUT2D eigenvalue weighted by atomic mass is 9.87. The lowest BCUT2D eigenvalue weighted by molar-refractivity contribution is 0.125. The molecule has 1 atom stereocenters. The van der Waals surface area contributed by atoms with Crippen LogP contribution in [0.3, 0.4) is 0 Å². The molecule has 0 saturated heterocycles. The van der Waals surface area contributed by atoms with Gasteiger partial charge in [-0.25, -0.2) is 0 Å². The highest BCUT2D eigenvalue weighted by molar-refractivity contribution is 5.40. The summed E-state index contributed by atoms with van der Waals surface area (Å²) >= 11 is 0. The van der Waals surface area contributed by atoms with Gasteiger partial charge >= 0.3 is 0 Å². The number of rotatable bonds is 5. The summed E-state index contributed by atoms with van der Waals surface area (Å²) in [5.74, 6) is 1.04. The molecule has 2 N–H and O–H groups in total. The molecule has 1 aromatic rings. The SMILES string of the molecule is CC(NCC1(CO)CCCC1)c1ccc2c(c1)CCO2. The highest BCUT2D eigenvalue weighted by atomic mass is 16.5. The Morgan fingerprint density at radius 1 is 1.35 bits per heavy atom. The zero-order valence-electron chi connectivity index (χ0n) is 12.3. The van der Waals surface area contributed by atoms with Crippen LogP contribution < -0.4 is 10.1 Å². The molecule has 1 aliphatic carbocycles. The van der Waals surface area contributed by atoms with Crippen LogP contribution in [-0.4, -0.2) is 24.9 Å². The van der Waals surface area contributed by atoms with E-state index in [1.807, 2.05) is 0 Å². The molecule has 0 spiro atoms. The number of nitrogens with one attached hydrogen (secondary N) is 1. The predicted octanol–water partition coefficient (Wildman–Crippen LogP) is 2.82. The number of benzene rings is 1. The minimum atomic E-state index is 0.119. The van der Waals surface area contributed by atoms with Crippen molar-refractivity contribution in [3.8, 4) is 5.75 Å². The largest absolute Gasteiger partial charge is 0.493 e. The molecule has 0 radical (unpaired) electrons. The monoisotopic (exact) mass is 275 g/mol. The highest BCUT2D eigenvalue weighted by Crippen LogP contribution is 2.37. The average molecular weight is 275 g/mol. The maximum Gasteiger partial charge on any atom is 0.122 e. The summed E-state index contributed by atoms with van der Waals surface area (Å²) in [6, 6.07) is 6.83. The number of ether oxygens (including phenoxy) is 1. The van der Waals surface area contributed by atoms with Gasteiger partial charge in [0, 0.05) is 31.0 Å². The maximum absolute atomic E-state index is 9.67. The summed E-state index contributed by atoms with van der Waals surface area (Å²) in [7, 11) is 0. The number of aliphatic hydroxyl groups excluding tert-OH is 1.